The number of primary amides is 1. The molecule has 2 amide bonds. The summed E-state index contributed by atoms with van der Waals surface area (Å²) in [5.41, 5.74) is 6.61. The van der Waals surface area contributed by atoms with Crippen molar-refractivity contribution >= 4 is 17.5 Å². The maximum Gasteiger partial charge on any atom is 0.269 e. The highest BCUT2D eigenvalue weighted by Crippen LogP contribution is 2.23. The van der Waals surface area contributed by atoms with Crippen LogP contribution in [0.15, 0.2) is 18.3 Å². The number of nitrogens with zero attached hydrogens (tertiary/aromatic N) is 2. The molecule has 1 atom stereocenters. The molecule has 1 aromatic rings. The molecule has 1 saturated heterocycles. The molecule has 3 N–H and O–H groups in total. The standard InChI is InChI=1S/C13H18N4O2/c1-2-15-13(19)11-7-10(3-5-16-11)17-6-4-9(8-17)12(14)18/h3,5,7,9H,2,4,6,8H2,1H3,(H2,14,18)(H,15,19). The summed E-state index contributed by atoms with van der Waals surface area (Å²) >= 11 is 0. The van der Waals surface area contributed by atoms with Gasteiger partial charge in [-0.2, -0.15) is 0 Å². The van der Waals surface area contributed by atoms with Gasteiger partial charge in [-0.1, -0.05) is 0 Å². The first-order valence-electron chi connectivity index (χ1n) is 6.40. The third kappa shape index (κ3) is 3.01. The van der Waals surface area contributed by atoms with Gasteiger partial charge in [-0.3, -0.25) is 14.6 Å². The predicted molar refractivity (Wildman–Crippen MR) is 71.8 cm³/mol. The van der Waals surface area contributed by atoms with Crippen LogP contribution in [0.4, 0.5) is 5.69 Å². The van der Waals surface area contributed by atoms with Gasteiger partial charge in [0.15, 0.2) is 0 Å². The fraction of sp³-hybridized carbons (Fsp3) is 0.462. The molecule has 6 heteroatoms. The molecule has 2 heterocycles. The van der Waals surface area contributed by atoms with Gasteiger partial charge in [0.2, 0.25) is 5.91 Å². The number of nitrogens with two attached hydrogens (primary N) is 1. The lowest BCUT2D eigenvalue weighted by Crippen LogP contribution is -2.28. The zero-order chi connectivity index (χ0) is 13.8. The number of hydrogen-bond donors (Lipinski definition) is 2. The first kappa shape index (κ1) is 13.3. The molecule has 1 aliphatic heterocycles. The highest BCUT2D eigenvalue weighted by Gasteiger charge is 2.27. The Kier molecular flexibility index (Phi) is 3.99. The second kappa shape index (κ2) is 5.69. The molecule has 0 spiro atoms. The maximum atomic E-state index is 11.7. The topological polar surface area (TPSA) is 88.3 Å². The smallest absolute Gasteiger partial charge is 0.269 e. The van der Waals surface area contributed by atoms with Gasteiger partial charge in [0.25, 0.3) is 5.91 Å². The summed E-state index contributed by atoms with van der Waals surface area (Å²) in [5, 5.41) is 2.71. The molecule has 102 valence electrons. The third-order valence-electron chi connectivity index (χ3n) is 3.27. The van der Waals surface area contributed by atoms with Crippen molar-refractivity contribution in [2.45, 2.75) is 13.3 Å². The Balaban J connectivity index is 2.11. The molecule has 1 aromatic heterocycles. The largest absolute Gasteiger partial charge is 0.371 e. The lowest BCUT2D eigenvalue weighted by atomic mass is 10.1. The van der Waals surface area contributed by atoms with Gasteiger partial charge in [0.1, 0.15) is 5.69 Å². The summed E-state index contributed by atoms with van der Waals surface area (Å²) in [6.45, 7) is 3.80. The number of carbonyl (C=O) groups excluding carboxylic acids is 2. The van der Waals surface area contributed by atoms with E-state index < -0.39 is 0 Å². The number of pyridine rings is 1. The van der Waals surface area contributed by atoms with E-state index in [4.69, 9.17) is 5.73 Å². The summed E-state index contributed by atoms with van der Waals surface area (Å²) in [4.78, 5) is 29.0. The first-order chi connectivity index (χ1) is 9.11. The van der Waals surface area contributed by atoms with Crippen LogP contribution in [0.3, 0.4) is 0 Å². The van der Waals surface area contributed by atoms with Crippen molar-refractivity contribution in [3.63, 3.8) is 0 Å². The maximum absolute atomic E-state index is 11.7. The molecule has 0 bridgehead atoms. The lowest BCUT2D eigenvalue weighted by Gasteiger charge is -2.18. The van der Waals surface area contributed by atoms with Gasteiger partial charge in [0.05, 0.1) is 5.92 Å². The van der Waals surface area contributed by atoms with Crippen molar-refractivity contribution in [2.24, 2.45) is 11.7 Å². The van der Waals surface area contributed by atoms with Gasteiger partial charge in [-0.15, -0.1) is 0 Å². The average Bonchev–Trinajstić information content (AvgIpc) is 2.89. The zero-order valence-corrected chi connectivity index (χ0v) is 10.9. The minimum Gasteiger partial charge on any atom is -0.371 e. The fourth-order valence-electron chi connectivity index (χ4n) is 2.22. The molecule has 1 fully saturated rings. The van der Waals surface area contributed by atoms with Crippen LogP contribution >= 0.6 is 0 Å². The third-order valence-corrected chi connectivity index (χ3v) is 3.27. The summed E-state index contributed by atoms with van der Waals surface area (Å²) in [5.74, 6) is -0.559. The zero-order valence-electron chi connectivity index (χ0n) is 10.9. The highest BCUT2D eigenvalue weighted by atomic mass is 16.2. The van der Waals surface area contributed by atoms with E-state index in [1.54, 1.807) is 12.3 Å². The lowest BCUT2D eigenvalue weighted by molar-refractivity contribution is -0.121. The Labute approximate surface area is 112 Å². The molecule has 1 aliphatic rings. The Morgan fingerprint density at radius 2 is 2.37 bits per heavy atom. The van der Waals surface area contributed by atoms with E-state index in [0.717, 1.165) is 18.7 Å². The minimum atomic E-state index is -0.263. The van der Waals surface area contributed by atoms with Gasteiger partial charge in [0, 0.05) is 31.5 Å². The van der Waals surface area contributed by atoms with E-state index in [9.17, 15) is 9.59 Å². The van der Waals surface area contributed by atoms with Crippen molar-refractivity contribution in [1.82, 2.24) is 10.3 Å². The number of carbonyl (C=O) groups is 2. The average molecular weight is 262 g/mol. The van der Waals surface area contributed by atoms with Gasteiger partial charge in [-0.25, -0.2) is 0 Å². The SMILES string of the molecule is CCNC(=O)c1cc(N2CCC(C(N)=O)C2)ccn1. The van der Waals surface area contributed by atoms with Crippen molar-refractivity contribution < 1.29 is 9.59 Å². The van der Waals surface area contributed by atoms with Crippen LogP contribution in [0.5, 0.6) is 0 Å². The van der Waals surface area contributed by atoms with Crippen molar-refractivity contribution in [2.75, 3.05) is 24.5 Å². The molecule has 0 saturated carbocycles. The second-order valence-electron chi connectivity index (χ2n) is 4.59. The van der Waals surface area contributed by atoms with Crippen LogP contribution < -0.4 is 16.0 Å². The quantitative estimate of drug-likeness (QED) is 0.808. The fourth-order valence-corrected chi connectivity index (χ4v) is 2.22. The van der Waals surface area contributed by atoms with E-state index in [2.05, 4.69) is 15.2 Å². The van der Waals surface area contributed by atoms with Crippen LogP contribution in [-0.2, 0) is 4.79 Å². The minimum absolute atomic E-state index is 0.110. The van der Waals surface area contributed by atoms with Gasteiger partial charge < -0.3 is 16.0 Å². The molecule has 0 radical (unpaired) electrons. The Morgan fingerprint density at radius 1 is 1.58 bits per heavy atom. The van der Waals surface area contributed by atoms with Crippen molar-refractivity contribution in [3.8, 4) is 0 Å². The van der Waals surface area contributed by atoms with Crippen LogP contribution in [0.25, 0.3) is 0 Å². The molecular formula is C13H18N4O2. The van der Waals surface area contributed by atoms with E-state index in [-0.39, 0.29) is 17.7 Å². The van der Waals surface area contributed by atoms with Gasteiger partial charge in [-0.05, 0) is 25.5 Å². The monoisotopic (exact) mass is 262 g/mol. The number of aromatic nitrogens is 1. The Morgan fingerprint density at radius 3 is 3.00 bits per heavy atom. The van der Waals surface area contributed by atoms with Crippen LogP contribution in [-0.4, -0.2) is 36.4 Å². The number of amides is 2. The van der Waals surface area contributed by atoms with Crippen LogP contribution in [0, 0.1) is 5.92 Å². The second-order valence-corrected chi connectivity index (χ2v) is 4.59. The normalized spacial score (nSPS) is 18.4. The summed E-state index contributed by atoms with van der Waals surface area (Å²) in [6.07, 6.45) is 2.37. The molecule has 0 aromatic carbocycles. The number of rotatable bonds is 4. The summed E-state index contributed by atoms with van der Waals surface area (Å²) < 4.78 is 0. The molecule has 1 unspecified atom stereocenters. The molecular weight excluding hydrogens is 244 g/mol. The van der Waals surface area contributed by atoms with Crippen LogP contribution in [0.2, 0.25) is 0 Å². The molecule has 0 aliphatic carbocycles. The summed E-state index contributed by atoms with van der Waals surface area (Å²) in [7, 11) is 0. The van der Waals surface area contributed by atoms with E-state index in [1.165, 1.54) is 0 Å². The van der Waals surface area contributed by atoms with Crippen molar-refractivity contribution in [3.05, 3.63) is 24.0 Å². The van der Waals surface area contributed by atoms with E-state index >= 15 is 0 Å². The molecule has 6 nitrogen and oxygen atoms in total. The number of nitrogens with one attached hydrogen (secondary N) is 1. The Hall–Kier alpha value is -2.11. The number of anilines is 1. The van der Waals surface area contributed by atoms with Crippen LogP contribution in [0.1, 0.15) is 23.8 Å². The number of hydrogen-bond acceptors (Lipinski definition) is 4. The van der Waals surface area contributed by atoms with E-state index in [1.807, 2.05) is 13.0 Å². The van der Waals surface area contributed by atoms with Gasteiger partial charge >= 0.3 is 0 Å². The molecule has 2 rings (SSSR count). The highest BCUT2D eigenvalue weighted by molar-refractivity contribution is 5.93. The van der Waals surface area contributed by atoms with Crippen molar-refractivity contribution in [1.29, 1.82) is 0 Å². The first-order valence-corrected chi connectivity index (χ1v) is 6.40. The molecule has 19 heavy (non-hydrogen) atoms. The predicted octanol–water partition coefficient (Wildman–Crippen LogP) is 0.143. The van der Waals surface area contributed by atoms with E-state index in [0.29, 0.717) is 18.8 Å². The summed E-state index contributed by atoms with van der Waals surface area (Å²) in [6, 6.07) is 3.58. The Bertz CT molecular complexity index is 489.